The predicted octanol–water partition coefficient (Wildman–Crippen LogP) is 2.96. The average molecular weight is 178 g/mol. The second kappa shape index (κ2) is 2.97. The van der Waals surface area contributed by atoms with Crippen LogP contribution in [0.1, 0.15) is 39.5 Å². The standard InChI is InChI=1S/C12H18O/c1-9-10-5-3-4-7-12(10,2)8-6-11(9)13/h3,5,9-10H,4,6-8H2,1-2H3. The van der Waals surface area contributed by atoms with Gasteiger partial charge < -0.3 is 0 Å². The summed E-state index contributed by atoms with van der Waals surface area (Å²) >= 11 is 0. The second-order valence-electron chi connectivity index (χ2n) is 4.90. The van der Waals surface area contributed by atoms with Gasteiger partial charge in [-0.25, -0.2) is 0 Å². The Labute approximate surface area is 80.2 Å². The molecule has 72 valence electrons. The number of carbonyl (C=O) groups excluding carboxylic acids is 1. The molecule has 0 aromatic carbocycles. The highest BCUT2D eigenvalue weighted by atomic mass is 16.1. The third kappa shape index (κ3) is 1.34. The van der Waals surface area contributed by atoms with E-state index in [9.17, 15) is 4.79 Å². The SMILES string of the molecule is CC1C(=O)CCC2(C)CCC=CC12. The van der Waals surface area contributed by atoms with Crippen LogP contribution in [0.2, 0.25) is 0 Å². The van der Waals surface area contributed by atoms with Gasteiger partial charge >= 0.3 is 0 Å². The van der Waals surface area contributed by atoms with Crippen LogP contribution in [0.3, 0.4) is 0 Å². The molecule has 2 aliphatic rings. The van der Waals surface area contributed by atoms with Crippen molar-refractivity contribution in [1.82, 2.24) is 0 Å². The lowest BCUT2D eigenvalue weighted by Crippen LogP contribution is -2.40. The second-order valence-corrected chi connectivity index (χ2v) is 4.90. The zero-order valence-electron chi connectivity index (χ0n) is 8.55. The van der Waals surface area contributed by atoms with Crippen molar-refractivity contribution in [2.24, 2.45) is 17.3 Å². The molecule has 0 aromatic heterocycles. The van der Waals surface area contributed by atoms with Gasteiger partial charge in [-0.2, -0.15) is 0 Å². The lowest BCUT2D eigenvalue weighted by molar-refractivity contribution is -0.129. The highest BCUT2D eigenvalue weighted by Crippen LogP contribution is 2.48. The topological polar surface area (TPSA) is 17.1 Å². The molecular formula is C12H18O. The Balaban J connectivity index is 2.28. The first-order valence-electron chi connectivity index (χ1n) is 5.33. The van der Waals surface area contributed by atoms with Crippen molar-refractivity contribution in [3.63, 3.8) is 0 Å². The maximum absolute atomic E-state index is 11.6. The summed E-state index contributed by atoms with van der Waals surface area (Å²) in [6.07, 6.45) is 8.92. The van der Waals surface area contributed by atoms with E-state index in [1.165, 1.54) is 12.8 Å². The molecule has 1 nitrogen and oxygen atoms in total. The molecular weight excluding hydrogens is 160 g/mol. The molecule has 1 saturated carbocycles. The molecule has 3 atom stereocenters. The van der Waals surface area contributed by atoms with Crippen LogP contribution in [-0.4, -0.2) is 5.78 Å². The van der Waals surface area contributed by atoms with E-state index in [0.29, 0.717) is 17.1 Å². The van der Waals surface area contributed by atoms with E-state index in [-0.39, 0.29) is 5.92 Å². The zero-order chi connectivity index (χ0) is 9.47. The van der Waals surface area contributed by atoms with Crippen molar-refractivity contribution >= 4 is 5.78 Å². The van der Waals surface area contributed by atoms with Crippen LogP contribution in [0.15, 0.2) is 12.2 Å². The maximum atomic E-state index is 11.6. The third-order valence-electron chi connectivity index (χ3n) is 4.02. The highest BCUT2D eigenvalue weighted by Gasteiger charge is 2.43. The van der Waals surface area contributed by atoms with Crippen molar-refractivity contribution in [3.05, 3.63) is 12.2 Å². The van der Waals surface area contributed by atoms with Gasteiger partial charge in [0.15, 0.2) is 0 Å². The van der Waals surface area contributed by atoms with E-state index in [1.54, 1.807) is 0 Å². The number of hydrogen-bond donors (Lipinski definition) is 0. The summed E-state index contributed by atoms with van der Waals surface area (Å²) in [4.78, 5) is 11.6. The molecule has 3 unspecified atom stereocenters. The molecule has 0 spiro atoms. The average Bonchev–Trinajstić information content (AvgIpc) is 2.12. The van der Waals surface area contributed by atoms with Gasteiger partial charge in [0.25, 0.3) is 0 Å². The minimum atomic E-state index is 0.260. The molecule has 0 aromatic rings. The van der Waals surface area contributed by atoms with Crippen molar-refractivity contribution in [2.75, 3.05) is 0 Å². The van der Waals surface area contributed by atoms with Gasteiger partial charge in [-0.3, -0.25) is 4.79 Å². The van der Waals surface area contributed by atoms with Crippen LogP contribution in [0.25, 0.3) is 0 Å². The van der Waals surface area contributed by atoms with E-state index < -0.39 is 0 Å². The smallest absolute Gasteiger partial charge is 0.136 e. The summed E-state index contributed by atoms with van der Waals surface area (Å²) < 4.78 is 0. The molecule has 0 amide bonds. The minimum Gasteiger partial charge on any atom is -0.299 e. The van der Waals surface area contributed by atoms with E-state index in [2.05, 4.69) is 26.0 Å². The van der Waals surface area contributed by atoms with Crippen molar-refractivity contribution in [2.45, 2.75) is 39.5 Å². The fraction of sp³-hybridized carbons (Fsp3) is 0.750. The lowest BCUT2D eigenvalue weighted by Gasteiger charge is -2.45. The number of ketones is 1. The first-order valence-corrected chi connectivity index (χ1v) is 5.33. The van der Waals surface area contributed by atoms with Crippen LogP contribution in [0, 0.1) is 17.3 Å². The van der Waals surface area contributed by atoms with Gasteiger partial charge in [0.1, 0.15) is 5.78 Å². The number of allylic oxidation sites excluding steroid dienone is 2. The Kier molecular flexibility index (Phi) is 2.05. The normalized spacial score (nSPS) is 44.6. The van der Waals surface area contributed by atoms with Gasteiger partial charge in [-0.05, 0) is 30.6 Å². The lowest BCUT2D eigenvalue weighted by atomic mass is 9.59. The molecule has 1 heteroatoms. The first-order chi connectivity index (χ1) is 6.13. The number of rotatable bonds is 0. The van der Waals surface area contributed by atoms with Crippen LogP contribution in [-0.2, 0) is 4.79 Å². The Morgan fingerprint density at radius 1 is 1.46 bits per heavy atom. The summed E-state index contributed by atoms with van der Waals surface area (Å²) in [5.41, 5.74) is 0.419. The van der Waals surface area contributed by atoms with Gasteiger partial charge in [0.05, 0.1) is 0 Å². The fourth-order valence-electron chi connectivity index (χ4n) is 2.95. The Morgan fingerprint density at radius 2 is 2.23 bits per heavy atom. The molecule has 0 N–H and O–H groups in total. The number of Topliss-reactive ketones (excluding diaryl/α,β-unsaturated/α-hetero) is 1. The highest BCUT2D eigenvalue weighted by molar-refractivity contribution is 5.82. The monoisotopic (exact) mass is 178 g/mol. The predicted molar refractivity (Wildman–Crippen MR) is 53.4 cm³/mol. The van der Waals surface area contributed by atoms with Gasteiger partial charge in [0.2, 0.25) is 0 Å². The Hall–Kier alpha value is -0.590. The Morgan fingerprint density at radius 3 is 3.00 bits per heavy atom. The van der Waals surface area contributed by atoms with Crippen LogP contribution < -0.4 is 0 Å². The van der Waals surface area contributed by atoms with Gasteiger partial charge in [-0.1, -0.05) is 26.0 Å². The minimum absolute atomic E-state index is 0.260. The molecule has 0 aliphatic heterocycles. The van der Waals surface area contributed by atoms with Crippen LogP contribution in [0.4, 0.5) is 0 Å². The van der Waals surface area contributed by atoms with Crippen molar-refractivity contribution < 1.29 is 4.79 Å². The molecule has 2 aliphatic carbocycles. The third-order valence-corrected chi connectivity index (χ3v) is 4.02. The largest absolute Gasteiger partial charge is 0.299 e. The molecule has 0 saturated heterocycles. The summed E-state index contributed by atoms with van der Waals surface area (Å²) in [5.74, 6) is 1.24. The number of hydrogen-bond acceptors (Lipinski definition) is 1. The molecule has 0 radical (unpaired) electrons. The van der Waals surface area contributed by atoms with E-state index in [0.717, 1.165) is 12.8 Å². The molecule has 1 fully saturated rings. The van der Waals surface area contributed by atoms with E-state index >= 15 is 0 Å². The molecule has 0 heterocycles. The van der Waals surface area contributed by atoms with Gasteiger partial charge in [0, 0.05) is 12.3 Å². The van der Waals surface area contributed by atoms with Gasteiger partial charge in [-0.15, -0.1) is 0 Å². The maximum Gasteiger partial charge on any atom is 0.136 e. The van der Waals surface area contributed by atoms with Crippen LogP contribution in [0.5, 0.6) is 0 Å². The summed E-state index contributed by atoms with van der Waals surface area (Å²) in [5, 5.41) is 0. The summed E-state index contributed by atoms with van der Waals surface area (Å²) in [6.45, 7) is 4.45. The molecule has 0 bridgehead atoms. The first kappa shape index (κ1) is 8.98. The van der Waals surface area contributed by atoms with E-state index in [1.807, 2.05) is 0 Å². The quantitative estimate of drug-likeness (QED) is 0.521. The van der Waals surface area contributed by atoms with Crippen molar-refractivity contribution in [1.29, 1.82) is 0 Å². The summed E-state index contributed by atoms with van der Waals surface area (Å²) in [7, 11) is 0. The molecule has 13 heavy (non-hydrogen) atoms. The molecule has 2 rings (SSSR count). The Bertz CT molecular complexity index is 254. The van der Waals surface area contributed by atoms with E-state index in [4.69, 9.17) is 0 Å². The van der Waals surface area contributed by atoms with Crippen molar-refractivity contribution in [3.8, 4) is 0 Å². The fourth-order valence-corrected chi connectivity index (χ4v) is 2.95. The number of fused-ring (bicyclic) bond motifs is 1. The van der Waals surface area contributed by atoms with Crippen LogP contribution >= 0.6 is 0 Å². The zero-order valence-corrected chi connectivity index (χ0v) is 8.55. The number of carbonyl (C=O) groups is 1. The summed E-state index contributed by atoms with van der Waals surface area (Å²) in [6, 6.07) is 0.